The van der Waals surface area contributed by atoms with Crippen molar-refractivity contribution >= 4 is 11.3 Å². The highest BCUT2D eigenvalue weighted by atomic mass is 32.1. The molecule has 0 aliphatic carbocycles. The Kier molecular flexibility index (Phi) is 6.74. The molecule has 0 unspecified atom stereocenters. The van der Waals surface area contributed by atoms with Crippen LogP contribution in [0, 0.1) is 5.92 Å². The molecule has 0 saturated carbocycles. The van der Waals surface area contributed by atoms with Crippen LogP contribution >= 0.6 is 11.3 Å². The molecule has 0 aliphatic rings. The zero-order valence-electron chi connectivity index (χ0n) is 11.1. The number of rotatable bonds is 8. The number of hydrogen-bond donors (Lipinski definition) is 1. The zero-order chi connectivity index (χ0) is 14.3. The average molecular weight is 296 g/mol. The summed E-state index contributed by atoms with van der Waals surface area (Å²) >= 11 is 1.45. The molecule has 0 spiro atoms. The fourth-order valence-corrected chi connectivity index (χ4v) is 2.16. The highest BCUT2D eigenvalue weighted by Crippen LogP contribution is 2.15. The number of alkyl halides is 3. The van der Waals surface area contributed by atoms with Gasteiger partial charge in [0.1, 0.15) is 6.61 Å². The van der Waals surface area contributed by atoms with Crippen molar-refractivity contribution in [3.8, 4) is 0 Å². The maximum Gasteiger partial charge on any atom is 0.411 e. The van der Waals surface area contributed by atoms with Crippen LogP contribution in [0.3, 0.4) is 0 Å². The highest BCUT2D eigenvalue weighted by Gasteiger charge is 2.27. The van der Waals surface area contributed by atoms with E-state index in [1.165, 1.54) is 11.3 Å². The first-order chi connectivity index (χ1) is 8.87. The van der Waals surface area contributed by atoms with Crippen molar-refractivity contribution in [1.82, 2.24) is 10.3 Å². The summed E-state index contributed by atoms with van der Waals surface area (Å²) in [5, 5.41) is 6.00. The van der Waals surface area contributed by atoms with Gasteiger partial charge in [-0.05, 0) is 12.5 Å². The van der Waals surface area contributed by atoms with Crippen molar-refractivity contribution < 1.29 is 17.9 Å². The summed E-state index contributed by atoms with van der Waals surface area (Å²) < 4.78 is 40.1. The van der Waals surface area contributed by atoms with E-state index in [1.807, 2.05) is 5.38 Å². The molecule has 19 heavy (non-hydrogen) atoms. The third-order valence-electron chi connectivity index (χ3n) is 2.18. The Morgan fingerprint density at radius 3 is 2.79 bits per heavy atom. The van der Waals surface area contributed by atoms with Gasteiger partial charge in [0.25, 0.3) is 0 Å². The van der Waals surface area contributed by atoms with Crippen LogP contribution in [0.5, 0.6) is 0 Å². The lowest BCUT2D eigenvalue weighted by Gasteiger charge is -2.06. The van der Waals surface area contributed by atoms with Crippen molar-refractivity contribution in [1.29, 1.82) is 0 Å². The van der Waals surface area contributed by atoms with Crippen LogP contribution in [0.25, 0.3) is 0 Å². The molecule has 1 rings (SSSR count). The van der Waals surface area contributed by atoms with E-state index in [0.717, 1.165) is 17.2 Å². The van der Waals surface area contributed by atoms with E-state index in [0.29, 0.717) is 18.9 Å². The molecule has 0 fully saturated rings. The van der Waals surface area contributed by atoms with Gasteiger partial charge >= 0.3 is 6.18 Å². The number of aromatic nitrogens is 1. The average Bonchev–Trinajstić information content (AvgIpc) is 2.71. The minimum absolute atomic E-state index is 0.0475. The molecular formula is C12H19F3N2OS. The lowest BCUT2D eigenvalue weighted by atomic mass is 10.2. The Morgan fingerprint density at radius 2 is 2.16 bits per heavy atom. The van der Waals surface area contributed by atoms with Crippen LogP contribution in [0.15, 0.2) is 5.38 Å². The molecule has 1 aromatic heterocycles. The summed E-state index contributed by atoms with van der Waals surface area (Å²) in [6, 6.07) is 0. The second kappa shape index (κ2) is 7.81. The largest absolute Gasteiger partial charge is 0.411 e. The number of thiazole rings is 1. The van der Waals surface area contributed by atoms with E-state index < -0.39 is 12.8 Å². The fraction of sp³-hybridized carbons (Fsp3) is 0.750. The van der Waals surface area contributed by atoms with Crippen molar-refractivity contribution in [2.75, 3.05) is 19.8 Å². The first kappa shape index (κ1) is 16.4. The molecule has 0 atom stereocenters. The Bertz CT molecular complexity index is 366. The topological polar surface area (TPSA) is 34.1 Å². The third kappa shape index (κ3) is 8.18. The summed E-state index contributed by atoms with van der Waals surface area (Å²) in [5.41, 5.74) is 0.927. The lowest BCUT2D eigenvalue weighted by Crippen LogP contribution is -2.19. The molecule has 0 bridgehead atoms. The Labute approximate surface area is 115 Å². The maximum atomic E-state index is 11.8. The van der Waals surface area contributed by atoms with Crippen molar-refractivity contribution in [3.63, 3.8) is 0 Å². The van der Waals surface area contributed by atoms with Gasteiger partial charge in [0.15, 0.2) is 0 Å². The van der Waals surface area contributed by atoms with Gasteiger partial charge in [0.2, 0.25) is 0 Å². The summed E-state index contributed by atoms with van der Waals surface area (Å²) in [6.45, 7) is 4.71. The molecule has 3 nitrogen and oxygen atoms in total. The van der Waals surface area contributed by atoms with Gasteiger partial charge in [-0.15, -0.1) is 11.3 Å². The second-order valence-corrected chi connectivity index (χ2v) is 5.62. The number of nitrogens with one attached hydrogen (secondary N) is 1. The third-order valence-corrected chi connectivity index (χ3v) is 3.14. The van der Waals surface area contributed by atoms with Crippen LogP contribution in [0.2, 0.25) is 0 Å². The van der Waals surface area contributed by atoms with Gasteiger partial charge in [0.05, 0.1) is 17.3 Å². The van der Waals surface area contributed by atoms with E-state index in [2.05, 4.69) is 28.9 Å². The van der Waals surface area contributed by atoms with Gasteiger partial charge in [-0.3, -0.25) is 0 Å². The SMILES string of the molecule is CC(C)CNCc1csc(CCOCC(F)(F)F)n1. The molecule has 0 aromatic carbocycles. The molecule has 1 N–H and O–H groups in total. The molecule has 1 aromatic rings. The molecule has 7 heteroatoms. The van der Waals surface area contributed by atoms with Gasteiger partial charge in [-0.1, -0.05) is 13.8 Å². The molecule has 0 aliphatic heterocycles. The first-order valence-electron chi connectivity index (χ1n) is 6.15. The van der Waals surface area contributed by atoms with Gasteiger partial charge < -0.3 is 10.1 Å². The van der Waals surface area contributed by atoms with Crippen molar-refractivity contribution in [2.45, 2.75) is 33.0 Å². The molecule has 0 saturated heterocycles. The highest BCUT2D eigenvalue weighted by molar-refractivity contribution is 7.09. The van der Waals surface area contributed by atoms with Gasteiger partial charge in [-0.2, -0.15) is 13.2 Å². The number of halogens is 3. The van der Waals surface area contributed by atoms with Crippen molar-refractivity contribution in [2.24, 2.45) is 5.92 Å². The summed E-state index contributed by atoms with van der Waals surface area (Å²) in [6.07, 6.45) is -3.83. The van der Waals surface area contributed by atoms with Crippen LogP contribution < -0.4 is 5.32 Å². The van der Waals surface area contributed by atoms with Gasteiger partial charge in [0, 0.05) is 18.3 Å². The fourth-order valence-electron chi connectivity index (χ4n) is 1.38. The standard InChI is InChI=1S/C12H19F3N2OS/c1-9(2)5-16-6-10-7-19-11(17-10)3-4-18-8-12(13,14)15/h7,9,16H,3-6,8H2,1-2H3. The Morgan fingerprint density at radius 1 is 1.42 bits per heavy atom. The van der Waals surface area contributed by atoms with Crippen LogP contribution in [-0.2, 0) is 17.7 Å². The minimum Gasteiger partial charge on any atom is -0.372 e. The zero-order valence-corrected chi connectivity index (χ0v) is 11.9. The molecule has 0 amide bonds. The monoisotopic (exact) mass is 296 g/mol. The maximum absolute atomic E-state index is 11.8. The summed E-state index contributed by atoms with van der Waals surface area (Å²) in [4.78, 5) is 4.34. The Balaban J connectivity index is 2.19. The summed E-state index contributed by atoms with van der Waals surface area (Å²) in [5.74, 6) is 0.578. The van der Waals surface area contributed by atoms with Crippen LogP contribution in [0.1, 0.15) is 24.5 Å². The lowest BCUT2D eigenvalue weighted by molar-refractivity contribution is -0.173. The van der Waals surface area contributed by atoms with E-state index in [9.17, 15) is 13.2 Å². The van der Waals surface area contributed by atoms with Crippen molar-refractivity contribution in [3.05, 3.63) is 16.1 Å². The first-order valence-corrected chi connectivity index (χ1v) is 7.03. The number of ether oxygens (including phenoxy) is 1. The molecule has 110 valence electrons. The van der Waals surface area contributed by atoms with Gasteiger partial charge in [-0.25, -0.2) is 4.98 Å². The molecule has 1 heterocycles. The number of nitrogens with zero attached hydrogens (tertiary/aromatic N) is 1. The normalized spacial score (nSPS) is 12.3. The van der Waals surface area contributed by atoms with E-state index in [-0.39, 0.29) is 6.61 Å². The van der Waals surface area contributed by atoms with E-state index in [4.69, 9.17) is 0 Å². The predicted molar refractivity (Wildman–Crippen MR) is 69.2 cm³/mol. The second-order valence-electron chi connectivity index (χ2n) is 4.68. The Hall–Kier alpha value is -0.660. The summed E-state index contributed by atoms with van der Waals surface area (Å²) in [7, 11) is 0. The van der Waals surface area contributed by atoms with Crippen LogP contribution in [0.4, 0.5) is 13.2 Å². The minimum atomic E-state index is -4.26. The van der Waals surface area contributed by atoms with E-state index >= 15 is 0 Å². The van der Waals surface area contributed by atoms with E-state index in [1.54, 1.807) is 0 Å². The molecular weight excluding hydrogens is 277 g/mol. The van der Waals surface area contributed by atoms with Crippen LogP contribution in [-0.4, -0.2) is 30.9 Å². The number of hydrogen-bond acceptors (Lipinski definition) is 4. The molecule has 0 radical (unpaired) electrons. The quantitative estimate of drug-likeness (QED) is 0.749. The smallest absolute Gasteiger partial charge is 0.372 e. The predicted octanol–water partition coefficient (Wildman–Crippen LogP) is 3.01.